The number of thiocarbonyl (C=S) groups is 1. The van der Waals surface area contributed by atoms with Crippen molar-refractivity contribution in [3.05, 3.63) is 57.5 Å². The van der Waals surface area contributed by atoms with Gasteiger partial charge >= 0.3 is 0 Å². The average molecular weight is 308 g/mol. The molecule has 2 aromatic rings. The SMILES string of the molecule is CCN(Cc1cccs1)Cc1ccc(C(N)=S)cc1F. The molecule has 0 aliphatic heterocycles. The minimum atomic E-state index is -0.250. The lowest BCUT2D eigenvalue weighted by atomic mass is 10.1. The summed E-state index contributed by atoms with van der Waals surface area (Å²) in [5, 5.41) is 2.06. The smallest absolute Gasteiger partial charge is 0.128 e. The highest BCUT2D eigenvalue weighted by Gasteiger charge is 2.10. The topological polar surface area (TPSA) is 29.3 Å². The second kappa shape index (κ2) is 6.92. The average Bonchev–Trinajstić information content (AvgIpc) is 2.92. The molecule has 1 aromatic heterocycles. The molecule has 106 valence electrons. The fraction of sp³-hybridized carbons (Fsp3) is 0.267. The molecule has 0 atom stereocenters. The van der Waals surface area contributed by atoms with Crippen LogP contribution < -0.4 is 5.73 Å². The highest BCUT2D eigenvalue weighted by atomic mass is 32.1. The van der Waals surface area contributed by atoms with E-state index in [-0.39, 0.29) is 10.8 Å². The van der Waals surface area contributed by atoms with Gasteiger partial charge < -0.3 is 5.73 Å². The number of rotatable bonds is 6. The molecule has 0 bridgehead atoms. The second-order valence-corrected chi connectivity index (χ2v) is 6.03. The summed E-state index contributed by atoms with van der Waals surface area (Å²) in [5.41, 5.74) is 6.75. The first-order valence-electron chi connectivity index (χ1n) is 6.43. The molecule has 1 heterocycles. The van der Waals surface area contributed by atoms with Gasteiger partial charge in [-0.15, -0.1) is 11.3 Å². The number of nitrogens with two attached hydrogens (primary N) is 1. The highest BCUT2D eigenvalue weighted by molar-refractivity contribution is 7.80. The molecule has 5 heteroatoms. The molecule has 0 aliphatic rings. The van der Waals surface area contributed by atoms with Gasteiger partial charge in [0.1, 0.15) is 10.8 Å². The lowest BCUT2D eigenvalue weighted by Crippen LogP contribution is -2.22. The summed E-state index contributed by atoms with van der Waals surface area (Å²) in [6.45, 7) is 4.37. The monoisotopic (exact) mass is 308 g/mol. The van der Waals surface area contributed by atoms with Gasteiger partial charge in [0.25, 0.3) is 0 Å². The Morgan fingerprint density at radius 2 is 2.15 bits per heavy atom. The first kappa shape index (κ1) is 15.1. The van der Waals surface area contributed by atoms with E-state index < -0.39 is 0 Å². The Hall–Kier alpha value is -1.30. The first-order valence-corrected chi connectivity index (χ1v) is 7.72. The Kier molecular flexibility index (Phi) is 5.23. The van der Waals surface area contributed by atoms with E-state index in [0.717, 1.165) is 13.1 Å². The third kappa shape index (κ3) is 3.85. The summed E-state index contributed by atoms with van der Waals surface area (Å²) in [6.07, 6.45) is 0. The van der Waals surface area contributed by atoms with Crippen molar-refractivity contribution in [2.45, 2.75) is 20.0 Å². The number of nitrogens with zero attached hydrogens (tertiary/aromatic N) is 1. The third-order valence-electron chi connectivity index (χ3n) is 3.14. The molecule has 0 unspecified atom stereocenters. The van der Waals surface area contributed by atoms with Gasteiger partial charge in [-0.3, -0.25) is 4.90 Å². The van der Waals surface area contributed by atoms with E-state index in [2.05, 4.69) is 23.3 Å². The van der Waals surface area contributed by atoms with Crippen molar-refractivity contribution >= 4 is 28.5 Å². The summed E-state index contributed by atoms with van der Waals surface area (Å²) in [7, 11) is 0. The van der Waals surface area contributed by atoms with Gasteiger partial charge in [0.05, 0.1) is 0 Å². The molecule has 2 nitrogen and oxygen atoms in total. The summed E-state index contributed by atoms with van der Waals surface area (Å²) in [4.78, 5) is 3.71. The summed E-state index contributed by atoms with van der Waals surface area (Å²) < 4.78 is 14.0. The molecule has 20 heavy (non-hydrogen) atoms. The Morgan fingerprint density at radius 1 is 1.35 bits per heavy atom. The molecule has 0 radical (unpaired) electrons. The zero-order valence-electron chi connectivity index (χ0n) is 11.3. The zero-order valence-corrected chi connectivity index (χ0v) is 12.9. The lowest BCUT2D eigenvalue weighted by molar-refractivity contribution is 0.270. The normalized spacial score (nSPS) is 10.9. The molecule has 1 aromatic carbocycles. The second-order valence-electron chi connectivity index (χ2n) is 4.55. The summed E-state index contributed by atoms with van der Waals surface area (Å²) in [6, 6.07) is 9.09. The summed E-state index contributed by atoms with van der Waals surface area (Å²) >= 11 is 6.57. The van der Waals surface area contributed by atoms with Crippen molar-refractivity contribution in [1.82, 2.24) is 4.90 Å². The van der Waals surface area contributed by atoms with Gasteiger partial charge in [-0.2, -0.15) is 0 Å². The molecule has 2 N–H and O–H groups in total. The van der Waals surface area contributed by atoms with E-state index in [1.54, 1.807) is 23.5 Å². The van der Waals surface area contributed by atoms with E-state index in [1.165, 1.54) is 10.9 Å². The maximum Gasteiger partial charge on any atom is 0.128 e. The highest BCUT2D eigenvalue weighted by Crippen LogP contribution is 2.17. The van der Waals surface area contributed by atoms with Gasteiger partial charge in [-0.1, -0.05) is 37.3 Å². The van der Waals surface area contributed by atoms with Gasteiger partial charge in [-0.25, -0.2) is 4.39 Å². The van der Waals surface area contributed by atoms with E-state index in [1.807, 2.05) is 6.07 Å². The number of benzene rings is 1. The quantitative estimate of drug-likeness (QED) is 0.828. The molecule has 0 fully saturated rings. The molecular formula is C15H17FN2S2. The molecule has 0 spiro atoms. The van der Waals surface area contributed by atoms with Gasteiger partial charge in [0.15, 0.2) is 0 Å². The molecule has 2 rings (SSSR count). The predicted octanol–water partition coefficient (Wildman–Crippen LogP) is 3.54. The van der Waals surface area contributed by atoms with Crippen LogP contribution in [0.2, 0.25) is 0 Å². The predicted molar refractivity (Wildman–Crippen MR) is 86.4 cm³/mol. The van der Waals surface area contributed by atoms with Gasteiger partial charge in [0, 0.05) is 29.1 Å². The minimum absolute atomic E-state index is 0.224. The lowest BCUT2D eigenvalue weighted by Gasteiger charge is -2.20. The van der Waals surface area contributed by atoms with Crippen LogP contribution in [0, 0.1) is 5.82 Å². The van der Waals surface area contributed by atoms with Crippen molar-refractivity contribution in [2.24, 2.45) is 5.73 Å². The van der Waals surface area contributed by atoms with Crippen LogP contribution >= 0.6 is 23.6 Å². The largest absolute Gasteiger partial charge is 0.389 e. The first-order chi connectivity index (χ1) is 9.60. The molecule has 0 amide bonds. The fourth-order valence-corrected chi connectivity index (χ4v) is 2.85. The number of hydrogen-bond donors (Lipinski definition) is 1. The molecular weight excluding hydrogens is 291 g/mol. The van der Waals surface area contributed by atoms with E-state index in [9.17, 15) is 4.39 Å². The Balaban J connectivity index is 2.09. The van der Waals surface area contributed by atoms with Crippen LogP contribution in [-0.4, -0.2) is 16.4 Å². The van der Waals surface area contributed by atoms with Gasteiger partial charge in [0.2, 0.25) is 0 Å². The molecule has 0 saturated heterocycles. The number of halogens is 1. The van der Waals surface area contributed by atoms with Crippen LogP contribution in [0.15, 0.2) is 35.7 Å². The zero-order chi connectivity index (χ0) is 14.5. The third-order valence-corrected chi connectivity index (χ3v) is 4.24. The minimum Gasteiger partial charge on any atom is -0.389 e. The van der Waals surface area contributed by atoms with E-state index in [0.29, 0.717) is 17.7 Å². The molecule has 0 saturated carbocycles. The van der Waals surface area contributed by atoms with E-state index in [4.69, 9.17) is 18.0 Å². The standard InChI is InChI=1S/C15H17FN2S2/c1-2-18(10-13-4-3-7-20-13)9-12-6-5-11(15(17)19)8-14(12)16/h3-8H,2,9-10H2,1H3,(H2,17,19). The maximum absolute atomic E-state index is 14.0. The number of hydrogen-bond acceptors (Lipinski definition) is 3. The van der Waals surface area contributed by atoms with Crippen molar-refractivity contribution in [1.29, 1.82) is 0 Å². The van der Waals surface area contributed by atoms with Crippen LogP contribution in [0.4, 0.5) is 4.39 Å². The van der Waals surface area contributed by atoms with Crippen molar-refractivity contribution < 1.29 is 4.39 Å². The van der Waals surface area contributed by atoms with Crippen molar-refractivity contribution in [3.63, 3.8) is 0 Å². The van der Waals surface area contributed by atoms with Crippen LogP contribution in [0.3, 0.4) is 0 Å². The Bertz CT molecular complexity index is 582. The molecule has 0 aliphatic carbocycles. The summed E-state index contributed by atoms with van der Waals surface area (Å²) in [5.74, 6) is -0.250. The van der Waals surface area contributed by atoms with Crippen LogP contribution in [0.1, 0.15) is 22.9 Å². The maximum atomic E-state index is 14.0. The van der Waals surface area contributed by atoms with E-state index >= 15 is 0 Å². The Labute approximate surface area is 128 Å². The van der Waals surface area contributed by atoms with Crippen LogP contribution in [0.25, 0.3) is 0 Å². The van der Waals surface area contributed by atoms with Crippen molar-refractivity contribution in [2.75, 3.05) is 6.54 Å². The van der Waals surface area contributed by atoms with Crippen LogP contribution in [-0.2, 0) is 13.1 Å². The van der Waals surface area contributed by atoms with Crippen LogP contribution in [0.5, 0.6) is 0 Å². The number of thiophene rings is 1. The Morgan fingerprint density at radius 3 is 2.70 bits per heavy atom. The van der Waals surface area contributed by atoms with Crippen molar-refractivity contribution in [3.8, 4) is 0 Å². The van der Waals surface area contributed by atoms with Gasteiger partial charge in [-0.05, 0) is 24.1 Å². The fourth-order valence-electron chi connectivity index (χ4n) is 1.97.